The van der Waals surface area contributed by atoms with Crippen molar-refractivity contribution in [2.24, 2.45) is 5.41 Å². The third kappa shape index (κ3) is 6.20. The van der Waals surface area contributed by atoms with Gasteiger partial charge in [0.15, 0.2) is 0 Å². The van der Waals surface area contributed by atoms with Crippen molar-refractivity contribution in [3.05, 3.63) is 40.4 Å². The number of amides is 1. The average molecular weight is 417 g/mol. The zero-order chi connectivity index (χ0) is 17.3. The van der Waals surface area contributed by atoms with Crippen molar-refractivity contribution in [2.75, 3.05) is 11.9 Å². The summed E-state index contributed by atoms with van der Waals surface area (Å²) < 4.78 is 0. The van der Waals surface area contributed by atoms with E-state index < -0.39 is 0 Å². The molecule has 1 aromatic heterocycles. The summed E-state index contributed by atoms with van der Waals surface area (Å²) >= 11 is 1.38. The van der Waals surface area contributed by atoms with Crippen LogP contribution in [0, 0.1) is 12.3 Å². The lowest BCUT2D eigenvalue weighted by Crippen LogP contribution is -2.29. The highest BCUT2D eigenvalue weighted by atomic mass is 35.5. The highest BCUT2D eigenvalue weighted by Crippen LogP contribution is 2.41. The number of carbonyl (C=O) groups is 1. The highest BCUT2D eigenvalue weighted by Gasteiger charge is 2.38. The maximum atomic E-state index is 12.4. The number of anilines is 1. The molecule has 1 saturated carbocycles. The fourth-order valence-corrected chi connectivity index (χ4v) is 3.24. The van der Waals surface area contributed by atoms with Crippen molar-refractivity contribution in [1.29, 1.82) is 0 Å². The van der Waals surface area contributed by atoms with Crippen LogP contribution < -0.4 is 10.6 Å². The van der Waals surface area contributed by atoms with Crippen molar-refractivity contribution >= 4 is 47.2 Å². The maximum Gasteiger partial charge on any atom is 0.257 e. The van der Waals surface area contributed by atoms with Crippen LogP contribution in [-0.2, 0) is 0 Å². The molecule has 2 atom stereocenters. The number of aromatic nitrogens is 2. The number of rotatable bonds is 5. The lowest BCUT2D eigenvalue weighted by Gasteiger charge is -2.18. The number of hydrogen-bond acceptors (Lipinski definition) is 5. The van der Waals surface area contributed by atoms with Gasteiger partial charge in [0, 0.05) is 24.1 Å². The van der Waals surface area contributed by atoms with E-state index in [2.05, 4.69) is 47.7 Å². The Hall–Kier alpha value is -1.21. The van der Waals surface area contributed by atoms with Crippen LogP contribution in [0.25, 0.3) is 0 Å². The molecule has 2 N–H and O–H groups in total. The third-order valence-electron chi connectivity index (χ3n) is 4.01. The van der Waals surface area contributed by atoms with Crippen molar-refractivity contribution < 1.29 is 4.79 Å². The van der Waals surface area contributed by atoms with Gasteiger partial charge in [-0.25, -0.2) is 0 Å². The lowest BCUT2D eigenvalue weighted by atomic mass is 9.97. The Morgan fingerprint density at radius 2 is 2.00 bits per heavy atom. The molecular formula is C18H26Cl2N4OS. The molecule has 1 amide bonds. The minimum absolute atomic E-state index is 0. The maximum absolute atomic E-state index is 12.4. The second-order valence-corrected chi connectivity index (χ2v) is 8.78. The van der Waals surface area contributed by atoms with Crippen LogP contribution in [0.15, 0.2) is 24.3 Å². The van der Waals surface area contributed by atoms with Gasteiger partial charge in [-0.15, -0.1) is 35.0 Å². The molecule has 1 aromatic carbocycles. The zero-order valence-corrected chi connectivity index (χ0v) is 17.9. The summed E-state index contributed by atoms with van der Waals surface area (Å²) in [7, 11) is 0. The first-order chi connectivity index (χ1) is 11.3. The summed E-state index contributed by atoms with van der Waals surface area (Å²) in [6.45, 7) is 9.57. The Morgan fingerprint density at radius 3 is 2.62 bits per heavy atom. The van der Waals surface area contributed by atoms with Gasteiger partial charge < -0.3 is 5.32 Å². The molecule has 3 rings (SSSR count). The molecule has 0 aliphatic heterocycles. The standard InChI is InChI=1S/C18H24N4OS.2ClH/c1-11-21-22-17(24-11)20-16(23)13-7-5-6-12(8-13)14-9-15(14)19-10-18(2,3)4;;/h5-8,14-15,19H,9-10H2,1-4H3,(H,20,22,23);2*1H/t14-,15+;;/m0../s1. The number of halogens is 2. The van der Waals surface area contributed by atoms with E-state index in [-0.39, 0.29) is 36.1 Å². The molecule has 0 bridgehead atoms. The smallest absolute Gasteiger partial charge is 0.257 e. The zero-order valence-electron chi connectivity index (χ0n) is 15.4. The van der Waals surface area contributed by atoms with Crippen LogP contribution in [0.4, 0.5) is 5.13 Å². The van der Waals surface area contributed by atoms with E-state index in [0.29, 0.717) is 22.7 Å². The monoisotopic (exact) mass is 416 g/mol. The van der Waals surface area contributed by atoms with E-state index in [1.54, 1.807) is 0 Å². The van der Waals surface area contributed by atoms with Gasteiger partial charge in [-0.1, -0.05) is 44.2 Å². The molecule has 0 spiro atoms. The van der Waals surface area contributed by atoms with Gasteiger partial charge >= 0.3 is 0 Å². The third-order valence-corrected chi connectivity index (χ3v) is 4.76. The van der Waals surface area contributed by atoms with Crippen LogP contribution in [0.5, 0.6) is 0 Å². The summed E-state index contributed by atoms with van der Waals surface area (Å²) in [6, 6.07) is 8.41. The van der Waals surface area contributed by atoms with Crippen molar-refractivity contribution in [3.8, 4) is 0 Å². The van der Waals surface area contributed by atoms with E-state index in [0.717, 1.165) is 18.0 Å². The van der Waals surface area contributed by atoms with E-state index in [1.807, 2.05) is 25.1 Å². The molecule has 0 saturated heterocycles. The van der Waals surface area contributed by atoms with Gasteiger partial charge in [0.1, 0.15) is 5.01 Å². The highest BCUT2D eigenvalue weighted by molar-refractivity contribution is 7.15. The minimum atomic E-state index is -0.132. The quantitative estimate of drug-likeness (QED) is 0.755. The van der Waals surface area contributed by atoms with Crippen molar-refractivity contribution in [2.45, 2.75) is 46.1 Å². The SMILES string of the molecule is Cc1nnc(NC(=O)c2cccc([C@@H]3C[C@H]3NCC(C)(C)C)c2)s1.Cl.Cl. The van der Waals surface area contributed by atoms with E-state index in [9.17, 15) is 4.79 Å². The number of carbonyl (C=O) groups excluding carboxylic acids is 1. The molecule has 1 heterocycles. The summed E-state index contributed by atoms with van der Waals surface area (Å²) in [4.78, 5) is 12.4. The Bertz CT molecular complexity index is 745. The van der Waals surface area contributed by atoms with Gasteiger partial charge in [0.25, 0.3) is 5.91 Å². The van der Waals surface area contributed by atoms with Gasteiger partial charge in [-0.2, -0.15) is 0 Å². The Kier molecular flexibility index (Phi) is 8.02. The predicted molar refractivity (Wildman–Crippen MR) is 112 cm³/mol. The molecule has 1 fully saturated rings. The normalized spacial score (nSPS) is 18.5. The van der Waals surface area contributed by atoms with Gasteiger partial charge in [0.05, 0.1) is 0 Å². The van der Waals surface area contributed by atoms with Crippen molar-refractivity contribution in [1.82, 2.24) is 15.5 Å². The second kappa shape index (κ2) is 9.13. The largest absolute Gasteiger partial charge is 0.313 e. The number of nitrogens with zero attached hydrogens (tertiary/aromatic N) is 2. The van der Waals surface area contributed by atoms with E-state index in [1.165, 1.54) is 16.9 Å². The lowest BCUT2D eigenvalue weighted by molar-refractivity contribution is 0.102. The van der Waals surface area contributed by atoms with Gasteiger partial charge in [0.2, 0.25) is 5.13 Å². The fourth-order valence-electron chi connectivity index (χ4n) is 2.65. The Morgan fingerprint density at radius 1 is 1.27 bits per heavy atom. The fraction of sp³-hybridized carbons (Fsp3) is 0.500. The summed E-state index contributed by atoms with van der Waals surface area (Å²) in [5.74, 6) is 0.372. The number of aryl methyl sites for hydroxylation is 1. The molecule has 2 aromatic rings. The number of nitrogens with one attached hydrogen (secondary N) is 2. The molecule has 5 nitrogen and oxygen atoms in total. The van der Waals surface area contributed by atoms with Crippen LogP contribution in [-0.4, -0.2) is 28.7 Å². The molecule has 1 aliphatic rings. The summed E-state index contributed by atoms with van der Waals surface area (Å²) in [6.07, 6.45) is 1.14. The number of hydrogen-bond donors (Lipinski definition) is 2. The average Bonchev–Trinajstić information content (AvgIpc) is 3.20. The molecule has 0 radical (unpaired) electrons. The first-order valence-corrected chi connectivity index (χ1v) is 9.08. The number of benzene rings is 1. The molecule has 144 valence electrons. The topological polar surface area (TPSA) is 66.9 Å². The molecule has 26 heavy (non-hydrogen) atoms. The second-order valence-electron chi connectivity index (χ2n) is 7.60. The first kappa shape index (κ1) is 22.8. The summed E-state index contributed by atoms with van der Waals surface area (Å²) in [5.41, 5.74) is 2.18. The molecular weight excluding hydrogens is 391 g/mol. The van der Waals surface area contributed by atoms with Crippen LogP contribution >= 0.6 is 36.2 Å². The minimum Gasteiger partial charge on any atom is -0.313 e. The van der Waals surface area contributed by atoms with Gasteiger partial charge in [-0.3, -0.25) is 10.1 Å². The van der Waals surface area contributed by atoms with Crippen LogP contribution in [0.1, 0.15) is 54.0 Å². The summed E-state index contributed by atoms with van der Waals surface area (Å²) in [5, 5.41) is 15.7. The van der Waals surface area contributed by atoms with E-state index in [4.69, 9.17) is 0 Å². The Labute approximate surface area is 171 Å². The Balaban J connectivity index is 0.00000169. The van der Waals surface area contributed by atoms with Crippen LogP contribution in [0.3, 0.4) is 0 Å². The molecule has 8 heteroatoms. The van der Waals surface area contributed by atoms with Gasteiger partial charge in [-0.05, 0) is 36.5 Å². The van der Waals surface area contributed by atoms with E-state index >= 15 is 0 Å². The van der Waals surface area contributed by atoms with Crippen LogP contribution in [0.2, 0.25) is 0 Å². The first-order valence-electron chi connectivity index (χ1n) is 8.27. The van der Waals surface area contributed by atoms with Crippen molar-refractivity contribution in [3.63, 3.8) is 0 Å². The predicted octanol–water partition coefficient (Wildman–Crippen LogP) is 4.43. The molecule has 1 aliphatic carbocycles. The molecule has 0 unspecified atom stereocenters.